The molecule has 4 heteroatoms. The number of hydrogen-bond donors (Lipinski definition) is 1. The minimum atomic E-state index is -0.270. The first kappa shape index (κ1) is 13.6. The third-order valence-corrected chi connectivity index (χ3v) is 3.06. The van der Waals surface area contributed by atoms with E-state index in [1.165, 1.54) is 12.1 Å². The average molecular weight is 259 g/mol. The Morgan fingerprint density at radius 2 is 1.84 bits per heavy atom. The van der Waals surface area contributed by atoms with Gasteiger partial charge in [-0.15, -0.1) is 0 Å². The van der Waals surface area contributed by atoms with Crippen LogP contribution in [0, 0.1) is 19.7 Å². The molecule has 0 aliphatic rings. The molecule has 3 nitrogen and oxygen atoms in total. The lowest BCUT2D eigenvalue weighted by Crippen LogP contribution is -2.15. The van der Waals surface area contributed by atoms with E-state index in [1.807, 2.05) is 19.9 Å². The second-order valence-electron chi connectivity index (χ2n) is 4.49. The van der Waals surface area contributed by atoms with E-state index in [0.717, 1.165) is 30.0 Å². The quantitative estimate of drug-likeness (QED) is 0.917. The Kier molecular flexibility index (Phi) is 4.22. The number of halogens is 1. The van der Waals surface area contributed by atoms with Gasteiger partial charge in [-0.25, -0.2) is 14.4 Å². The van der Waals surface area contributed by atoms with Gasteiger partial charge in [0.25, 0.3) is 0 Å². The van der Waals surface area contributed by atoms with Crippen LogP contribution in [0.1, 0.15) is 23.9 Å². The van der Waals surface area contributed by atoms with Crippen LogP contribution in [0.2, 0.25) is 0 Å². The molecule has 19 heavy (non-hydrogen) atoms. The molecule has 100 valence electrons. The van der Waals surface area contributed by atoms with Crippen molar-refractivity contribution in [2.45, 2.75) is 27.3 Å². The molecule has 1 aromatic carbocycles. The van der Waals surface area contributed by atoms with Gasteiger partial charge in [0.15, 0.2) is 5.82 Å². The Morgan fingerprint density at radius 3 is 2.42 bits per heavy atom. The summed E-state index contributed by atoms with van der Waals surface area (Å²) in [6.07, 6.45) is 0. The molecular weight excluding hydrogens is 241 g/mol. The summed E-state index contributed by atoms with van der Waals surface area (Å²) in [6.45, 7) is 7.66. The maximum atomic E-state index is 13.2. The number of nitrogens with one attached hydrogen (secondary N) is 1. The van der Waals surface area contributed by atoms with Crippen molar-refractivity contribution in [2.24, 2.45) is 0 Å². The second-order valence-corrected chi connectivity index (χ2v) is 4.49. The molecule has 0 unspecified atom stereocenters. The smallest absolute Gasteiger partial charge is 0.159 e. The van der Waals surface area contributed by atoms with Crippen LogP contribution >= 0.6 is 0 Å². The average Bonchev–Trinajstić information content (AvgIpc) is 2.37. The fourth-order valence-corrected chi connectivity index (χ4v) is 2.00. The number of benzene rings is 1. The molecule has 0 saturated heterocycles. The fraction of sp³-hybridized carbons (Fsp3) is 0.333. The largest absolute Gasteiger partial charge is 0.313 e. The highest BCUT2D eigenvalue weighted by Gasteiger charge is 2.09. The lowest BCUT2D eigenvalue weighted by atomic mass is 10.1. The molecule has 2 rings (SSSR count). The van der Waals surface area contributed by atoms with E-state index in [2.05, 4.69) is 22.2 Å². The molecule has 0 fully saturated rings. The van der Waals surface area contributed by atoms with Crippen LogP contribution in [-0.2, 0) is 6.54 Å². The van der Waals surface area contributed by atoms with Gasteiger partial charge in [0, 0.05) is 29.1 Å². The van der Waals surface area contributed by atoms with Crippen LogP contribution in [0.15, 0.2) is 24.3 Å². The summed E-state index contributed by atoms with van der Waals surface area (Å²) in [5, 5.41) is 3.27. The van der Waals surface area contributed by atoms with Gasteiger partial charge < -0.3 is 5.32 Å². The molecule has 2 aromatic rings. The van der Waals surface area contributed by atoms with Crippen LogP contribution in [-0.4, -0.2) is 16.5 Å². The summed E-state index contributed by atoms with van der Waals surface area (Å²) in [5.41, 5.74) is 3.70. The van der Waals surface area contributed by atoms with Crippen LogP contribution in [0.3, 0.4) is 0 Å². The van der Waals surface area contributed by atoms with Gasteiger partial charge in [-0.05, 0) is 32.5 Å². The summed E-state index contributed by atoms with van der Waals surface area (Å²) in [7, 11) is 0. The number of hydrogen-bond acceptors (Lipinski definition) is 3. The van der Waals surface area contributed by atoms with Crippen LogP contribution in [0.5, 0.6) is 0 Å². The molecule has 0 spiro atoms. The molecule has 1 aromatic heterocycles. The molecule has 0 amide bonds. The second kappa shape index (κ2) is 5.89. The monoisotopic (exact) mass is 259 g/mol. The number of nitrogens with zero attached hydrogens (tertiary/aromatic N) is 2. The van der Waals surface area contributed by atoms with Gasteiger partial charge in [0.1, 0.15) is 5.82 Å². The number of aryl methyl sites for hydroxylation is 2. The van der Waals surface area contributed by atoms with E-state index in [9.17, 15) is 4.39 Å². The Bertz CT molecular complexity index is 558. The fourth-order valence-electron chi connectivity index (χ4n) is 2.00. The number of rotatable bonds is 4. The van der Waals surface area contributed by atoms with Gasteiger partial charge in [-0.3, -0.25) is 0 Å². The van der Waals surface area contributed by atoms with Crippen molar-refractivity contribution in [1.29, 1.82) is 0 Å². The molecule has 0 atom stereocenters. The maximum absolute atomic E-state index is 13.2. The Hall–Kier alpha value is -1.81. The first-order chi connectivity index (χ1) is 9.11. The molecule has 1 heterocycles. The minimum Gasteiger partial charge on any atom is -0.313 e. The van der Waals surface area contributed by atoms with E-state index < -0.39 is 0 Å². The Morgan fingerprint density at radius 1 is 1.16 bits per heavy atom. The van der Waals surface area contributed by atoms with Gasteiger partial charge in [0.05, 0.1) is 0 Å². The summed E-state index contributed by atoms with van der Waals surface area (Å²) in [5.74, 6) is 0.308. The predicted octanol–water partition coefficient (Wildman–Crippen LogP) is 3.01. The molecule has 1 N–H and O–H groups in total. The van der Waals surface area contributed by atoms with Crippen molar-refractivity contribution in [2.75, 3.05) is 6.54 Å². The van der Waals surface area contributed by atoms with Gasteiger partial charge in [-0.2, -0.15) is 0 Å². The zero-order valence-corrected chi connectivity index (χ0v) is 11.5. The van der Waals surface area contributed by atoms with Crippen molar-refractivity contribution >= 4 is 0 Å². The highest BCUT2D eigenvalue weighted by molar-refractivity contribution is 5.55. The van der Waals surface area contributed by atoms with E-state index in [1.54, 1.807) is 6.07 Å². The molecule has 0 bridgehead atoms. The Labute approximate surface area is 112 Å². The van der Waals surface area contributed by atoms with Crippen molar-refractivity contribution in [3.8, 4) is 11.4 Å². The highest BCUT2D eigenvalue weighted by Crippen LogP contribution is 2.19. The highest BCUT2D eigenvalue weighted by atomic mass is 19.1. The molecule has 0 aliphatic carbocycles. The summed E-state index contributed by atoms with van der Waals surface area (Å²) in [4.78, 5) is 8.96. The summed E-state index contributed by atoms with van der Waals surface area (Å²) >= 11 is 0. The van der Waals surface area contributed by atoms with Crippen LogP contribution < -0.4 is 5.32 Å². The predicted molar refractivity (Wildman–Crippen MR) is 74.3 cm³/mol. The van der Waals surface area contributed by atoms with Crippen molar-refractivity contribution in [3.05, 3.63) is 47.0 Å². The summed E-state index contributed by atoms with van der Waals surface area (Å²) < 4.78 is 13.2. The topological polar surface area (TPSA) is 37.8 Å². The standard InChI is InChI=1S/C15H18FN3/c1-4-17-9-14-10(2)18-15(19-11(14)3)12-6-5-7-13(16)8-12/h5-8,17H,4,9H2,1-3H3. The van der Waals surface area contributed by atoms with E-state index >= 15 is 0 Å². The zero-order valence-electron chi connectivity index (χ0n) is 11.5. The van der Waals surface area contributed by atoms with Crippen LogP contribution in [0.4, 0.5) is 4.39 Å². The first-order valence-corrected chi connectivity index (χ1v) is 6.42. The first-order valence-electron chi connectivity index (χ1n) is 6.42. The zero-order chi connectivity index (χ0) is 13.8. The molecule has 0 saturated carbocycles. The van der Waals surface area contributed by atoms with E-state index in [0.29, 0.717) is 11.4 Å². The lowest BCUT2D eigenvalue weighted by molar-refractivity contribution is 0.628. The summed E-state index contributed by atoms with van der Waals surface area (Å²) in [6, 6.07) is 6.37. The molecule has 0 aliphatic heterocycles. The van der Waals surface area contributed by atoms with Crippen LogP contribution in [0.25, 0.3) is 11.4 Å². The minimum absolute atomic E-state index is 0.270. The Balaban J connectivity index is 2.39. The normalized spacial score (nSPS) is 10.7. The van der Waals surface area contributed by atoms with Gasteiger partial charge in [-0.1, -0.05) is 19.1 Å². The molecule has 0 radical (unpaired) electrons. The third kappa shape index (κ3) is 3.15. The van der Waals surface area contributed by atoms with E-state index in [-0.39, 0.29) is 5.82 Å². The van der Waals surface area contributed by atoms with E-state index in [4.69, 9.17) is 0 Å². The van der Waals surface area contributed by atoms with Crippen molar-refractivity contribution < 1.29 is 4.39 Å². The van der Waals surface area contributed by atoms with Gasteiger partial charge in [0.2, 0.25) is 0 Å². The molecular formula is C15H18FN3. The van der Waals surface area contributed by atoms with Crippen molar-refractivity contribution in [1.82, 2.24) is 15.3 Å². The van der Waals surface area contributed by atoms with Crippen molar-refractivity contribution in [3.63, 3.8) is 0 Å². The van der Waals surface area contributed by atoms with Gasteiger partial charge >= 0.3 is 0 Å². The lowest BCUT2D eigenvalue weighted by Gasteiger charge is -2.11. The third-order valence-electron chi connectivity index (χ3n) is 3.06. The SMILES string of the molecule is CCNCc1c(C)nc(-c2cccc(F)c2)nc1C. The number of aromatic nitrogens is 2. The maximum Gasteiger partial charge on any atom is 0.159 e.